The number of piperazine rings is 2. The SMILES string of the molecule is COC(=O)c1ccc(CN(C(=O)N2CCN(C)CC2)c2ccc(OC)cc2)nc1.COc1ccc(N(Cc2ccc(C(=O)CN)cn2)C(=O)N2CCN(C)CC2)cc1. The lowest BCUT2D eigenvalue weighted by Gasteiger charge is -2.36. The molecule has 4 heterocycles. The van der Waals surface area contributed by atoms with Gasteiger partial charge in [-0.25, -0.2) is 14.4 Å². The first-order valence-electron chi connectivity index (χ1n) is 19.0. The number of likely N-dealkylation sites (N-methyl/N-ethyl adjacent to an activating group) is 2. The fraction of sp³-hybridized carbons (Fsp3) is 0.381. The van der Waals surface area contributed by atoms with E-state index in [4.69, 9.17) is 19.9 Å². The highest BCUT2D eigenvalue weighted by atomic mass is 16.5. The van der Waals surface area contributed by atoms with Crippen molar-refractivity contribution in [2.24, 2.45) is 5.73 Å². The van der Waals surface area contributed by atoms with Crippen LogP contribution in [0, 0.1) is 0 Å². The smallest absolute Gasteiger partial charge is 0.339 e. The van der Waals surface area contributed by atoms with Gasteiger partial charge in [0.15, 0.2) is 5.78 Å². The number of ketones is 1. The number of nitrogens with two attached hydrogens (primary N) is 1. The number of nitrogens with zero attached hydrogens (tertiary/aromatic N) is 8. The largest absolute Gasteiger partial charge is 0.497 e. The first-order valence-corrected chi connectivity index (χ1v) is 19.0. The summed E-state index contributed by atoms with van der Waals surface area (Å²) < 4.78 is 15.2. The molecule has 2 aliphatic rings. The van der Waals surface area contributed by atoms with E-state index in [9.17, 15) is 19.2 Å². The number of amides is 4. The molecule has 6 rings (SSSR count). The van der Waals surface area contributed by atoms with E-state index in [1.165, 1.54) is 19.5 Å². The number of carbonyl (C=O) groups excluding carboxylic acids is 4. The second-order valence-electron chi connectivity index (χ2n) is 13.9. The number of anilines is 2. The zero-order chi connectivity index (χ0) is 41.6. The summed E-state index contributed by atoms with van der Waals surface area (Å²) in [6, 6.07) is 21.5. The van der Waals surface area contributed by atoms with Gasteiger partial charge >= 0.3 is 18.0 Å². The van der Waals surface area contributed by atoms with Crippen LogP contribution in [-0.2, 0) is 17.8 Å². The number of methoxy groups -OCH3 is 3. The van der Waals surface area contributed by atoms with Gasteiger partial charge in [-0.05, 0) is 86.9 Å². The maximum atomic E-state index is 13.3. The molecule has 16 nitrogen and oxygen atoms in total. The lowest BCUT2D eigenvalue weighted by Crippen LogP contribution is -2.52. The maximum Gasteiger partial charge on any atom is 0.339 e. The van der Waals surface area contributed by atoms with Gasteiger partial charge in [-0.3, -0.25) is 24.6 Å². The zero-order valence-electron chi connectivity index (χ0n) is 33.9. The summed E-state index contributed by atoms with van der Waals surface area (Å²) in [5.74, 6) is 0.846. The van der Waals surface area contributed by atoms with Crippen LogP contribution >= 0.6 is 0 Å². The van der Waals surface area contributed by atoms with Crippen LogP contribution in [0.15, 0.2) is 85.2 Å². The second-order valence-corrected chi connectivity index (χ2v) is 13.9. The van der Waals surface area contributed by atoms with Gasteiger partial charge in [0.2, 0.25) is 0 Å². The van der Waals surface area contributed by atoms with Gasteiger partial charge in [0, 0.05) is 81.7 Å². The number of Topliss-reactive ketones (excluding diaryl/α,β-unsaturated/α-hetero) is 1. The van der Waals surface area contributed by atoms with Crippen molar-refractivity contribution in [3.63, 3.8) is 0 Å². The van der Waals surface area contributed by atoms with Crippen molar-refractivity contribution < 1.29 is 33.4 Å². The molecular weight excluding hydrogens is 743 g/mol. The summed E-state index contributed by atoms with van der Waals surface area (Å²) in [5, 5.41) is 0. The van der Waals surface area contributed by atoms with Crippen LogP contribution in [0.25, 0.3) is 0 Å². The Morgan fingerprint density at radius 1 is 0.586 bits per heavy atom. The molecule has 2 aliphatic heterocycles. The van der Waals surface area contributed by atoms with Crippen molar-refractivity contribution in [2.75, 3.05) is 104 Å². The molecule has 16 heteroatoms. The molecule has 308 valence electrons. The zero-order valence-corrected chi connectivity index (χ0v) is 33.9. The summed E-state index contributed by atoms with van der Waals surface area (Å²) in [6.45, 7) is 6.62. The van der Waals surface area contributed by atoms with E-state index >= 15 is 0 Å². The Labute approximate surface area is 339 Å². The molecule has 2 fully saturated rings. The Morgan fingerprint density at radius 2 is 0.983 bits per heavy atom. The number of ether oxygens (including phenoxy) is 3. The van der Waals surface area contributed by atoms with Crippen LogP contribution in [0.3, 0.4) is 0 Å². The lowest BCUT2D eigenvalue weighted by molar-refractivity contribution is 0.0600. The molecule has 0 radical (unpaired) electrons. The summed E-state index contributed by atoms with van der Waals surface area (Å²) >= 11 is 0. The molecule has 0 aliphatic carbocycles. The highest BCUT2D eigenvalue weighted by Gasteiger charge is 2.27. The number of carbonyl (C=O) groups is 4. The van der Waals surface area contributed by atoms with Crippen molar-refractivity contribution in [1.29, 1.82) is 0 Å². The van der Waals surface area contributed by atoms with E-state index in [1.54, 1.807) is 48.3 Å². The fourth-order valence-corrected chi connectivity index (χ4v) is 6.28. The predicted molar refractivity (Wildman–Crippen MR) is 220 cm³/mol. The van der Waals surface area contributed by atoms with Crippen molar-refractivity contribution >= 4 is 35.2 Å². The van der Waals surface area contributed by atoms with Crippen molar-refractivity contribution in [3.05, 3.63) is 108 Å². The summed E-state index contributed by atoms with van der Waals surface area (Å²) in [5.41, 5.74) is 9.14. The summed E-state index contributed by atoms with van der Waals surface area (Å²) in [6.07, 6.45) is 2.98. The number of aromatic nitrogens is 2. The highest BCUT2D eigenvalue weighted by molar-refractivity contribution is 5.97. The van der Waals surface area contributed by atoms with Crippen molar-refractivity contribution in [3.8, 4) is 11.5 Å². The molecule has 0 atom stereocenters. The van der Waals surface area contributed by atoms with E-state index in [2.05, 4.69) is 33.9 Å². The van der Waals surface area contributed by atoms with E-state index in [-0.39, 0.29) is 24.4 Å². The van der Waals surface area contributed by atoms with Gasteiger partial charge in [-0.1, -0.05) is 0 Å². The van der Waals surface area contributed by atoms with Crippen LogP contribution < -0.4 is 25.0 Å². The van der Waals surface area contributed by atoms with E-state index < -0.39 is 5.97 Å². The number of pyridine rings is 2. The maximum absolute atomic E-state index is 13.3. The number of urea groups is 2. The molecule has 0 bridgehead atoms. The van der Waals surface area contributed by atoms with E-state index in [1.807, 2.05) is 58.3 Å². The third-order valence-electron chi connectivity index (χ3n) is 10.00. The molecule has 0 unspecified atom stereocenters. The summed E-state index contributed by atoms with van der Waals surface area (Å²) in [4.78, 5) is 70.1. The average molecular weight is 796 g/mol. The molecular formula is C42H53N9O7. The Kier molecular flexibility index (Phi) is 15.5. The van der Waals surface area contributed by atoms with Gasteiger partial charge in [0.25, 0.3) is 0 Å². The second kappa shape index (κ2) is 20.9. The number of benzene rings is 2. The molecule has 0 saturated carbocycles. The van der Waals surface area contributed by atoms with Crippen LogP contribution in [0.5, 0.6) is 11.5 Å². The standard InChI is InChI=1S/C21H27N5O3.C21H26N4O4/c1-24-9-11-25(12-10-24)21(28)26(18-5-7-19(29-2)8-6-18)15-17-4-3-16(14-23-17)20(27)13-22;1-23-10-12-24(13-11-23)21(27)25(18-6-8-19(28-2)9-7-18)15-17-5-4-16(14-22-17)20(26)29-3/h3-8,14H,9-13,15,22H2,1-2H3;4-9,14H,10-13,15H2,1-3H3. The highest BCUT2D eigenvalue weighted by Crippen LogP contribution is 2.25. The number of hydrogen-bond donors (Lipinski definition) is 1. The van der Waals surface area contributed by atoms with Gasteiger partial charge in [0.1, 0.15) is 11.5 Å². The number of esters is 1. The molecule has 58 heavy (non-hydrogen) atoms. The molecule has 2 aromatic carbocycles. The van der Waals surface area contributed by atoms with Gasteiger partial charge in [0.05, 0.1) is 57.9 Å². The molecule has 0 spiro atoms. The molecule has 2 aromatic heterocycles. The predicted octanol–water partition coefficient (Wildman–Crippen LogP) is 3.86. The van der Waals surface area contributed by atoms with Gasteiger partial charge < -0.3 is 39.5 Å². The van der Waals surface area contributed by atoms with Gasteiger partial charge in [-0.2, -0.15) is 0 Å². The monoisotopic (exact) mass is 795 g/mol. The normalized spacial score (nSPS) is 14.4. The first-order chi connectivity index (χ1) is 28.0. The van der Waals surface area contributed by atoms with E-state index in [0.717, 1.165) is 49.1 Å². The first kappa shape index (κ1) is 43.0. The summed E-state index contributed by atoms with van der Waals surface area (Å²) in [7, 11) is 8.65. The molecule has 4 amide bonds. The van der Waals surface area contributed by atoms with E-state index in [0.29, 0.717) is 61.8 Å². The minimum absolute atomic E-state index is 0.0547. The molecule has 2 saturated heterocycles. The lowest BCUT2D eigenvalue weighted by atomic mass is 10.1. The quantitative estimate of drug-likeness (QED) is 0.172. The minimum atomic E-state index is -0.440. The molecule has 2 N–H and O–H groups in total. The van der Waals surface area contributed by atoms with Crippen molar-refractivity contribution in [2.45, 2.75) is 13.1 Å². The topological polar surface area (TPSA) is 167 Å². The van der Waals surface area contributed by atoms with Crippen LogP contribution in [0.2, 0.25) is 0 Å². The van der Waals surface area contributed by atoms with Crippen LogP contribution in [0.4, 0.5) is 21.0 Å². The minimum Gasteiger partial charge on any atom is -0.497 e. The number of rotatable bonds is 11. The fourth-order valence-electron chi connectivity index (χ4n) is 6.28. The van der Waals surface area contributed by atoms with Gasteiger partial charge in [-0.15, -0.1) is 0 Å². The Balaban J connectivity index is 0.000000221. The molecule has 4 aromatic rings. The van der Waals surface area contributed by atoms with Crippen molar-refractivity contribution in [1.82, 2.24) is 29.6 Å². The third-order valence-corrected chi connectivity index (χ3v) is 10.00. The Hall–Kier alpha value is -6.10. The van der Waals surface area contributed by atoms with Crippen LogP contribution in [-0.4, -0.2) is 148 Å². The third kappa shape index (κ3) is 11.5. The Morgan fingerprint density at radius 3 is 1.31 bits per heavy atom. The van der Waals surface area contributed by atoms with Crippen LogP contribution in [0.1, 0.15) is 32.1 Å². The number of hydrogen-bond acceptors (Lipinski definition) is 12. The average Bonchev–Trinajstić information content (AvgIpc) is 3.27. The Bertz CT molecular complexity index is 1800.